The molecule has 3 nitrogen and oxygen atoms in total. The normalized spacial score (nSPS) is 11.1. The van der Waals surface area contributed by atoms with Crippen LogP contribution in [-0.4, -0.2) is 14.8 Å². The molecule has 5 rings (SSSR count). The van der Waals surface area contributed by atoms with E-state index in [1.54, 1.807) is 11.3 Å². The van der Waals surface area contributed by atoms with Crippen molar-refractivity contribution in [1.82, 2.24) is 14.8 Å². The second-order valence-electron chi connectivity index (χ2n) is 6.53. The Balaban J connectivity index is 1.73. The zero-order valence-corrected chi connectivity index (χ0v) is 15.6. The molecule has 3 aromatic carbocycles. The van der Waals surface area contributed by atoms with Gasteiger partial charge in [0, 0.05) is 11.1 Å². The third kappa shape index (κ3) is 2.94. The molecule has 5 aromatic rings. The second-order valence-corrected chi connectivity index (χ2v) is 7.54. The zero-order chi connectivity index (χ0) is 18.2. The van der Waals surface area contributed by atoms with Gasteiger partial charge in [-0.25, -0.2) is 9.67 Å². The Morgan fingerprint density at radius 3 is 2.22 bits per heavy atom. The van der Waals surface area contributed by atoms with E-state index in [4.69, 9.17) is 10.1 Å². The van der Waals surface area contributed by atoms with E-state index in [9.17, 15) is 0 Å². The predicted octanol–water partition coefficient (Wildman–Crippen LogP) is 6.12. The number of fused-ring (bicyclic) bond motifs is 1. The molecule has 0 aliphatic heterocycles. The summed E-state index contributed by atoms with van der Waals surface area (Å²) in [6.07, 6.45) is 0. The van der Waals surface area contributed by atoms with E-state index in [0.29, 0.717) is 0 Å². The molecule has 0 spiro atoms. The number of hydrogen-bond acceptors (Lipinski definition) is 3. The minimum Gasteiger partial charge on any atom is -0.218 e. The molecule has 0 aliphatic carbocycles. The van der Waals surface area contributed by atoms with Crippen molar-refractivity contribution in [3.63, 3.8) is 0 Å². The summed E-state index contributed by atoms with van der Waals surface area (Å²) in [4.78, 5) is 4.84. The Morgan fingerprint density at radius 1 is 0.778 bits per heavy atom. The van der Waals surface area contributed by atoms with Crippen LogP contribution < -0.4 is 0 Å². The summed E-state index contributed by atoms with van der Waals surface area (Å²) >= 11 is 1.67. The first kappa shape index (κ1) is 16.0. The van der Waals surface area contributed by atoms with Gasteiger partial charge in [-0.3, -0.25) is 0 Å². The number of thiazole rings is 1. The summed E-state index contributed by atoms with van der Waals surface area (Å²) in [5, 5.41) is 5.80. The maximum absolute atomic E-state index is 4.91. The number of hydrogen-bond donors (Lipinski definition) is 0. The van der Waals surface area contributed by atoms with Crippen molar-refractivity contribution in [3.05, 3.63) is 90.5 Å². The van der Waals surface area contributed by atoms with Crippen molar-refractivity contribution in [2.45, 2.75) is 6.92 Å². The van der Waals surface area contributed by atoms with Crippen LogP contribution in [0.15, 0.2) is 84.9 Å². The molecular weight excluding hydrogens is 350 g/mol. The van der Waals surface area contributed by atoms with Gasteiger partial charge >= 0.3 is 0 Å². The van der Waals surface area contributed by atoms with E-state index in [2.05, 4.69) is 67.6 Å². The van der Waals surface area contributed by atoms with Crippen molar-refractivity contribution in [2.24, 2.45) is 0 Å². The molecular formula is C23H17N3S. The van der Waals surface area contributed by atoms with Crippen LogP contribution in [0, 0.1) is 6.92 Å². The van der Waals surface area contributed by atoms with Crippen LogP contribution in [0.1, 0.15) is 5.56 Å². The standard InChI is InChI=1S/C23H17N3S/c1-16-12-13-19-22(14-16)27-23(24-19)26-21(18-10-6-3-7-11-18)15-20(25-26)17-8-4-2-5-9-17/h2-15H,1H3. The van der Waals surface area contributed by atoms with Gasteiger partial charge in [-0.1, -0.05) is 78.1 Å². The van der Waals surface area contributed by atoms with Gasteiger partial charge in [-0.15, -0.1) is 0 Å². The van der Waals surface area contributed by atoms with Gasteiger partial charge < -0.3 is 0 Å². The molecule has 0 N–H and O–H groups in total. The van der Waals surface area contributed by atoms with Gasteiger partial charge in [0.05, 0.1) is 21.6 Å². The third-order valence-corrected chi connectivity index (χ3v) is 5.56. The zero-order valence-electron chi connectivity index (χ0n) is 14.8. The first-order valence-electron chi connectivity index (χ1n) is 8.86. The molecule has 4 heteroatoms. The number of aromatic nitrogens is 3. The van der Waals surface area contributed by atoms with Crippen LogP contribution >= 0.6 is 11.3 Å². The summed E-state index contributed by atoms with van der Waals surface area (Å²) in [6, 6.07) is 29.1. The largest absolute Gasteiger partial charge is 0.218 e. The summed E-state index contributed by atoms with van der Waals surface area (Å²) < 4.78 is 3.15. The van der Waals surface area contributed by atoms with Gasteiger partial charge in [0.25, 0.3) is 0 Å². The fraction of sp³-hybridized carbons (Fsp3) is 0.0435. The Hall–Kier alpha value is -3.24. The Morgan fingerprint density at radius 2 is 1.48 bits per heavy atom. The monoisotopic (exact) mass is 367 g/mol. The Labute approximate surface area is 161 Å². The van der Waals surface area contributed by atoms with E-state index in [1.807, 2.05) is 28.9 Å². The van der Waals surface area contributed by atoms with Crippen molar-refractivity contribution in [2.75, 3.05) is 0 Å². The van der Waals surface area contributed by atoms with E-state index in [0.717, 1.165) is 33.2 Å². The fourth-order valence-corrected chi connectivity index (χ4v) is 4.23. The molecule has 0 unspecified atom stereocenters. The van der Waals surface area contributed by atoms with Crippen LogP contribution in [0.3, 0.4) is 0 Å². The lowest BCUT2D eigenvalue weighted by Crippen LogP contribution is -1.98. The molecule has 130 valence electrons. The van der Waals surface area contributed by atoms with Crippen molar-refractivity contribution in [1.29, 1.82) is 0 Å². The maximum atomic E-state index is 4.91. The number of aryl methyl sites for hydroxylation is 1. The molecule has 0 amide bonds. The minimum absolute atomic E-state index is 0.886. The van der Waals surface area contributed by atoms with E-state index in [-0.39, 0.29) is 0 Å². The summed E-state index contributed by atoms with van der Waals surface area (Å²) in [7, 11) is 0. The highest BCUT2D eigenvalue weighted by Gasteiger charge is 2.16. The minimum atomic E-state index is 0.886. The molecule has 0 fully saturated rings. The van der Waals surface area contributed by atoms with Crippen LogP contribution in [0.5, 0.6) is 0 Å². The Kier molecular flexibility index (Phi) is 3.84. The van der Waals surface area contributed by atoms with Crippen LogP contribution in [0.25, 0.3) is 37.9 Å². The van der Waals surface area contributed by atoms with E-state index in [1.165, 1.54) is 10.3 Å². The molecule has 0 aliphatic rings. The molecule has 0 saturated carbocycles. The van der Waals surface area contributed by atoms with Gasteiger partial charge in [0.2, 0.25) is 5.13 Å². The third-order valence-electron chi connectivity index (χ3n) is 4.56. The summed E-state index contributed by atoms with van der Waals surface area (Å²) in [5.74, 6) is 0. The van der Waals surface area contributed by atoms with Crippen molar-refractivity contribution in [3.8, 4) is 27.6 Å². The number of rotatable bonds is 3. The maximum Gasteiger partial charge on any atom is 0.212 e. The SMILES string of the molecule is Cc1ccc2nc(-n3nc(-c4ccccc4)cc3-c3ccccc3)sc2c1. The molecule has 0 bridgehead atoms. The van der Waals surface area contributed by atoms with Crippen LogP contribution in [0.4, 0.5) is 0 Å². The summed E-state index contributed by atoms with van der Waals surface area (Å²) in [6.45, 7) is 2.11. The first-order valence-corrected chi connectivity index (χ1v) is 9.68. The predicted molar refractivity (Wildman–Crippen MR) is 112 cm³/mol. The van der Waals surface area contributed by atoms with Crippen LogP contribution in [-0.2, 0) is 0 Å². The highest BCUT2D eigenvalue weighted by molar-refractivity contribution is 7.20. The molecule has 0 atom stereocenters. The molecule has 2 aromatic heterocycles. The van der Waals surface area contributed by atoms with Gasteiger partial charge in [0.15, 0.2) is 0 Å². The second kappa shape index (κ2) is 6.49. The van der Waals surface area contributed by atoms with Crippen LogP contribution in [0.2, 0.25) is 0 Å². The summed E-state index contributed by atoms with van der Waals surface area (Å²) in [5.41, 5.74) is 6.48. The lowest BCUT2D eigenvalue weighted by atomic mass is 10.1. The highest BCUT2D eigenvalue weighted by atomic mass is 32.1. The van der Waals surface area contributed by atoms with Gasteiger partial charge in [0.1, 0.15) is 0 Å². The first-order chi connectivity index (χ1) is 13.3. The van der Waals surface area contributed by atoms with E-state index >= 15 is 0 Å². The average molecular weight is 367 g/mol. The molecule has 2 heterocycles. The van der Waals surface area contributed by atoms with E-state index < -0.39 is 0 Å². The number of benzene rings is 3. The molecule has 27 heavy (non-hydrogen) atoms. The molecule has 0 saturated heterocycles. The Bertz CT molecular complexity index is 1220. The lowest BCUT2D eigenvalue weighted by Gasteiger charge is -2.03. The molecule has 0 radical (unpaired) electrons. The van der Waals surface area contributed by atoms with Crippen molar-refractivity contribution < 1.29 is 0 Å². The smallest absolute Gasteiger partial charge is 0.212 e. The topological polar surface area (TPSA) is 30.7 Å². The average Bonchev–Trinajstić information content (AvgIpc) is 3.33. The van der Waals surface area contributed by atoms with Gasteiger partial charge in [-0.05, 0) is 30.7 Å². The highest BCUT2D eigenvalue weighted by Crippen LogP contribution is 2.32. The van der Waals surface area contributed by atoms with Gasteiger partial charge in [-0.2, -0.15) is 5.10 Å². The fourth-order valence-electron chi connectivity index (χ4n) is 3.20. The lowest BCUT2D eigenvalue weighted by molar-refractivity contribution is 0.884. The number of nitrogens with zero attached hydrogens (tertiary/aromatic N) is 3. The quantitative estimate of drug-likeness (QED) is 0.384. The van der Waals surface area contributed by atoms with Crippen molar-refractivity contribution >= 4 is 21.6 Å².